The Balaban J connectivity index is 1.67. The van der Waals surface area contributed by atoms with Crippen molar-refractivity contribution in [2.24, 2.45) is 5.41 Å². The second-order valence-electron chi connectivity index (χ2n) is 5.82. The van der Waals surface area contributed by atoms with Crippen molar-refractivity contribution in [3.05, 3.63) is 29.8 Å². The summed E-state index contributed by atoms with van der Waals surface area (Å²) < 4.78 is 5.87. The summed E-state index contributed by atoms with van der Waals surface area (Å²) in [4.78, 5) is 0. The van der Waals surface area contributed by atoms with Crippen molar-refractivity contribution < 1.29 is 9.84 Å². The van der Waals surface area contributed by atoms with E-state index in [2.05, 4.69) is 18.3 Å². The van der Waals surface area contributed by atoms with E-state index in [0.717, 1.165) is 24.3 Å². The maximum Gasteiger partial charge on any atom is 0.0682 e. The molecule has 2 aliphatic rings. The van der Waals surface area contributed by atoms with Crippen LogP contribution in [0, 0.1) is 5.41 Å². The Kier molecular flexibility index (Phi) is 3.50. The molecular formula is C16H23NO2. The van der Waals surface area contributed by atoms with Gasteiger partial charge in [-0.3, -0.25) is 0 Å². The molecule has 1 spiro atoms. The van der Waals surface area contributed by atoms with E-state index >= 15 is 0 Å². The molecule has 19 heavy (non-hydrogen) atoms. The Morgan fingerprint density at radius 1 is 1.42 bits per heavy atom. The minimum Gasteiger partial charge on any atom is -0.392 e. The summed E-state index contributed by atoms with van der Waals surface area (Å²) in [6, 6.07) is 8.61. The van der Waals surface area contributed by atoms with Crippen molar-refractivity contribution in [1.29, 1.82) is 0 Å². The normalized spacial score (nSPS) is 27.7. The van der Waals surface area contributed by atoms with Gasteiger partial charge in [0.1, 0.15) is 0 Å². The summed E-state index contributed by atoms with van der Waals surface area (Å²) in [5.74, 6) is 0. The molecule has 1 aromatic rings. The number of ether oxygens (including phenoxy) is 1. The van der Waals surface area contributed by atoms with Crippen LogP contribution in [0.2, 0.25) is 0 Å². The van der Waals surface area contributed by atoms with Gasteiger partial charge >= 0.3 is 0 Å². The Morgan fingerprint density at radius 3 is 2.89 bits per heavy atom. The zero-order valence-corrected chi connectivity index (χ0v) is 11.6. The van der Waals surface area contributed by atoms with Gasteiger partial charge in [-0.05, 0) is 43.9 Å². The molecule has 0 saturated heterocycles. The number of hydrogen-bond donors (Lipinski definition) is 2. The summed E-state index contributed by atoms with van der Waals surface area (Å²) in [6.07, 6.45) is 5.46. The van der Waals surface area contributed by atoms with Gasteiger partial charge in [-0.25, -0.2) is 0 Å². The fourth-order valence-electron chi connectivity index (χ4n) is 3.60. The van der Waals surface area contributed by atoms with E-state index in [0.29, 0.717) is 17.6 Å². The zero-order valence-electron chi connectivity index (χ0n) is 11.6. The number of nitrogens with one attached hydrogen (secondary N) is 1. The van der Waals surface area contributed by atoms with Crippen LogP contribution in [0.5, 0.6) is 0 Å². The molecule has 2 atom stereocenters. The Bertz CT molecular complexity index is 442. The molecule has 2 saturated carbocycles. The highest BCUT2D eigenvalue weighted by molar-refractivity contribution is 5.48. The molecule has 0 amide bonds. The predicted molar refractivity (Wildman–Crippen MR) is 76.1 cm³/mol. The van der Waals surface area contributed by atoms with Crippen LogP contribution in [0.25, 0.3) is 0 Å². The fourth-order valence-corrected chi connectivity index (χ4v) is 3.60. The summed E-state index contributed by atoms with van der Waals surface area (Å²) in [5, 5.41) is 12.8. The first-order valence-corrected chi connectivity index (χ1v) is 7.36. The molecule has 0 bridgehead atoms. The van der Waals surface area contributed by atoms with Crippen molar-refractivity contribution in [2.45, 2.75) is 51.4 Å². The van der Waals surface area contributed by atoms with Crippen LogP contribution in [0.4, 0.5) is 5.69 Å². The van der Waals surface area contributed by atoms with E-state index in [4.69, 9.17) is 4.74 Å². The van der Waals surface area contributed by atoms with E-state index in [1.807, 2.05) is 18.2 Å². The Labute approximate surface area is 115 Å². The number of hydrogen-bond acceptors (Lipinski definition) is 3. The molecule has 2 aliphatic carbocycles. The van der Waals surface area contributed by atoms with Crippen molar-refractivity contribution in [2.75, 3.05) is 11.9 Å². The standard InChI is InChI=1S/C16H23NO2/c1-2-19-15-10-14(16(15)7-4-8-16)17-13-6-3-5-12(9-13)11-18/h3,5-6,9,14-15,17-18H,2,4,7-8,10-11H2,1H3/t14-,15-/m1/s1. The Hall–Kier alpha value is -1.06. The number of anilines is 1. The Morgan fingerprint density at radius 2 is 2.26 bits per heavy atom. The topological polar surface area (TPSA) is 41.5 Å². The molecular weight excluding hydrogens is 238 g/mol. The van der Waals surface area contributed by atoms with Gasteiger partial charge in [-0.15, -0.1) is 0 Å². The molecule has 104 valence electrons. The van der Waals surface area contributed by atoms with Gasteiger partial charge in [0.05, 0.1) is 12.7 Å². The first kappa shape index (κ1) is 12.9. The zero-order chi connectivity index (χ0) is 13.3. The lowest BCUT2D eigenvalue weighted by molar-refractivity contribution is -0.157. The summed E-state index contributed by atoms with van der Waals surface area (Å²) in [7, 11) is 0. The summed E-state index contributed by atoms with van der Waals surface area (Å²) >= 11 is 0. The number of rotatable bonds is 5. The third kappa shape index (κ3) is 2.15. The lowest BCUT2D eigenvalue weighted by Gasteiger charge is -2.61. The van der Waals surface area contributed by atoms with Crippen molar-refractivity contribution in [3.63, 3.8) is 0 Å². The van der Waals surface area contributed by atoms with E-state index in [1.54, 1.807) is 0 Å². The van der Waals surface area contributed by atoms with Crippen LogP contribution in [0.15, 0.2) is 24.3 Å². The highest BCUT2D eigenvalue weighted by Gasteiger charge is 2.58. The first-order valence-electron chi connectivity index (χ1n) is 7.36. The molecule has 0 aromatic heterocycles. The van der Waals surface area contributed by atoms with Gasteiger partial charge in [-0.1, -0.05) is 18.6 Å². The smallest absolute Gasteiger partial charge is 0.0682 e. The largest absolute Gasteiger partial charge is 0.392 e. The lowest BCUT2D eigenvalue weighted by Crippen LogP contribution is -2.64. The second kappa shape index (κ2) is 5.14. The van der Waals surface area contributed by atoms with Crippen LogP contribution in [0.1, 0.15) is 38.2 Å². The van der Waals surface area contributed by atoms with Crippen LogP contribution in [-0.2, 0) is 11.3 Å². The average molecular weight is 261 g/mol. The van der Waals surface area contributed by atoms with Crippen LogP contribution in [-0.4, -0.2) is 23.9 Å². The molecule has 3 rings (SSSR count). The highest BCUT2D eigenvalue weighted by Crippen LogP contribution is 2.58. The van der Waals surface area contributed by atoms with Crippen LogP contribution < -0.4 is 5.32 Å². The minimum atomic E-state index is 0.104. The average Bonchev–Trinajstić information content (AvgIpc) is 2.36. The third-order valence-electron chi connectivity index (χ3n) is 4.89. The molecule has 2 fully saturated rings. The molecule has 2 N–H and O–H groups in total. The maximum atomic E-state index is 9.19. The van der Waals surface area contributed by atoms with Crippen LogP contribution >= 0.6 is 0 Å². The maximum absolute atomic E-state index is 9.19. The molecule has 0 heterocycles. The van der Waals surface area contributed by atoms with Gasteiger partial charge in [0.15, 0.2) is 0 Å². The van der Waals surface area contributed by atoms with E-state index in [9.17, 15) is 5.11 Å². The first-order chi connectivity index (χ1) is 9.28. The third-order valence-corrected chi connectivity index (χ3v) is 4.89. The number of aliphatic hydroxyl groups is 1. The summed E-state index contributed by atoms with van der Waals surface area (Å²) in [6.45, 7) is 3.00. The number of aliphatic hydroxyl groups excluding tert-OH is 1. The predicted octanol–water partition coefficient (Wildman–Crippen LogP) is 2.94. The summed E-state index contributed by atoms with van der Waals surface area (Å²) in [5.41, 5.74) is 2.47. The minimum absolute atomic E-state index is 0.104. The molecule has 3 nitrogen and oxygen atoms in total. The molecule has 0 radical (unpaired) electrons. The van der Waals surface area contributed by atoms with Gasteiger partial charge in [0.2, 0.25) is 0 Å². The fraction of sp³-hybridized carbons (Fsp3) is 0.625. The van der Waals surface area contributed by atoms with E-state index < -0.39 is 0 Å². The highest BCUT2D eigenvalue weighted by atomic mass is 16.5. The SMILES string of the molecule is CCO[C@@H]1C[C@@H](Nc2cccc(CO)c2)C12CCC2. The van der Waals surface area contributed by atoms with Crippen molar-refractivity contribution in [1.82, 2.24) is 0 Å². The monoisotopic (exact) mass is 261 g/mol. The van der Waals surface area contributed by atoms with E-state index in [-0.39, 0.29) is 6.61 Å². The quantitative estimate of drug-likeness (QED) is 0.856. The van der Waals surface area contributed by atoms with Crippen molar-refractivity contribution in [3.8, 4) is 0 Å². The van der Waals surface area contributed by atoms with E-state index in [1.165, 1.54) is 19.3 Å². The number of benzene rings is 1. The van der Waals surface area contributed by atoms with Gasteiger partial charge in [0.25, 0.3) is 0 Å². The second-order valence-corrected chi connectivity index (χ2v) is 5.82. The molecule has 0 aliphatic heterocycles. The van der Waals surface area contributed by atoms with Gasteiger partial charge in [-0.2, -0.15) is 0 Å². The molecule has 0 unspecified atom stereocenters. The molecule has 3 heteroatoms. The van der Waals surface area contributed by atoms with Gasteiger partial charge < -0.3 is 15.2 Å². The van der Waals surface area contributed by atoms with Crippen molar-refractivity contribution >= 4 is 5.69 Å². The van der Waals surface area contributed by atoms with Gasteiger partial charge in [0, 0.05) is 23.8 Å². The molecule has 1 aromatic carbocycles. The lowest BCUT2D eigenvalue weighted by atomic mass is 9.51. The van der Waals surface area contributed by atoms with Crippen LogP contribution in [0.3, 0.4) is 0 Å².